The second-order valence-electron chi connectivity index (χ2n) is 11.4. The van der Waals surface area contributed by atoms with Crippen LogP contribution in [-0.4, -0.2) is 25.6 Å². The highest BCUT2D eigenvalue weighted by Crippen LogP contribution is 2.60. The maximum absolute atomic E-state index is 11.2. The van der Waals surface area contributed by atoms with Crippen LogP contribution in [0.1, 0.15) is 74.1 Å². The minimum absolute atomic E-state index is 0.163. The van der Waals surface area contributed by atoms with E-state index >= 15 is 0 Å². The normalized spacial score (nSPS) is 38.5. The summed E-state index contributed by atoms with van der Waals surface area (Å²) < 4.78 is 6.47. The zero-order chi connectivity index (χ0) is 19.3. The molecule has 146 valence electrons. The summed E-state index contributed by atoms with van der Waals surface area (Å²) in [5, 5.41) is 11.4. The molecule has 0 radical (unpaired) electrons. The van der Waals surface area contributed by atoms with Crippen LogP contribution in [0.4, 0.5) is 0 Å². The molecule has 0 bridgehead atoms. The van der Waals surface area contributed by atoms with Crippen molar-refractivity contribution in [1.82, 2.24) is 0 Å². The molecule has 0 aliphatic heterocycles. The average molecular weight is 367 g/mol. The van der Waals surface area contributed by atoms with Gasteiger partial charge in [-0.3, -0.25) is 0 Å². The molecule has 0 aromatic carbocycles. The van der Waals surface area contributed by atoms with E-state index in [9.17, 15) is 5.11 Å². The summed E-state index contributed by atoms with van der Waals surface area (Å²) in [7, 11) is -1.73. The Morgan fingerprint density at radius 3 is 2.28 bits per heavy atom. The van der Waals surface area contributed by atoms with E-state index in [1.807, 2.05) is 6.92 Å². The van der Waals surface area contributed by atoms with Gasteiger partial charge in [-0.25, -0.2) is 0 Å². The molecule has 0 amide bonds. The van der Waals surface area contributed by atoms with Crippen molar-refractivity contribution in [2.24, 2.45) is 22.7 Å². The third-order valence-electron chi connectivity index (χ3n) is 7.89. The van der Waals surface area contributed by atoms with Crippen LogP contribution in [0, 0.1) is 22.7 Å². The molecule has 0 aromatic heterocycles. The first-order chi connectivity index (χ1) is 11.1. The highest BCUT2D eigenvalue weighted by molar-refractivity contribution is 6.74. The Bertz CT molecular complexity index is 513. The van der Waals surface area contributed by atoms with Gasteiger partial charge in [-0.1, -0.05) is 60.1 Å². The van der Waals surface area contributed by atoms with Crippen molar-refractivity contribution in [1.29, 1.82) is 0 Å². The van der Waals surface area contributed by atoms with Crippen molar-refractivity contribution in [2.75, 3.05) is 6.61 Å². The van der Waals surface area contributed by atoms with Gasteiger partial charge in [0, 0.05) is 6.61 Å². The summed E-state index contributed by atoms with van der Waals surface area (Å²) in [5.74, 6) is 0.811. The number of aliphatic hydroxyl groups is 1. The molecule has 1 N–H and O–H groups in total. The van der Waals surface area contributed by atoms with Crippen molar-refractivity contribution in [3.8, 4) is 0 Å². The number of fused-ring (bicyclic) bond motifs is 1. The van der Waals surface area contributed by atoms with Gasteiger partial charge in [0.05, 0.1) is 5.60 Å². The first kappa shape index (κ1) is 21.2. The highest BCUT2D eigenvalue weighted by Gasteiger charge is 2.55. The van der Waals surface area contributed by atoms with Crippen LogP contribution in [0.3, 0.4) is 0 Å². The standard InChI is InChI=1S/C22H42O2Si/c1-19(2,3)25(8,9)24-16-12-18-21(6)14-10-13-20(4,5)17(21)11-15-22(18,7)23/h11,15,17-18,23H,10,12-14,16H2,1-9H3/t17-,18+,21-,22-/m0/s1. The van der Waals surface area contributed by atoms with E-state index in [0.29, 0.717) is 11.3 Å². The molecule has 1 fully saturated rings. The van der Waals surface area contributed by atoms with Crippen LogP contribution in [-0.2, 0) is 4.43 Å². The van der Waals surface area contributed by atoms with Crippen LogP contribution in [0.5, 0.6) is 0 Å². The molecule has 0 saturated heterocycles. The Balaban J connectivity index is 2.19. The van der Waals surface area contributed by atoms with E-state index in [1.54, 1.807) is 0 Å². The summed E-state index contributed by atoms with van der Waals surface area (Å²) >= 11 is 0. The molecule has 3 heteroatoms. The number of rotatable bonds is 4. The van der Waals surface area contributed by atoms with Crippen LogP contribution in [0.2, 0.25) is 18.1 Å². The first-order valence-electron chi connectivity index (χ1n) is 10.2. The molecule has 1 saturated carbocycles. The molecule has 25 heavy (non-hydrogen) atoms. The molecule has 2 nitrogen and oxygen atoms in total. The maximum atomic E-state index is 11.2. The lowest BCUT2D eigenvalue weighted by atomic mass is 9.47. The minimum Gasteiger partial charge on any atom is -0.417 e. The monoisotopic (exact) mass is 366 g/mol. The number of hydrogen-bond donors (Lipinski definition) is 1. The second kappa shape index (κ2) is 6.49. The average Bonchev–Trinajstić information content (AvgIpc) is 2.39. The van der Waals surface area contributed by atoms with Gasteiger partial charge < -0.3 is 9.53 Å². The summed E-state index contributed by atoms with van der Waals surface area (Å²) in [4.78, 5) is 0. The molecule has 0 spiro atoms. The Hall–Kier alpha value is -0.123. The topological polar surface area (TPSA) is 29.5 Å². The van der Waals surface area contributed by atoms with Crippen molar-refractivity contribution in [3.05, 3.63) is 12.2 Å². The lowest BCUT2D eigenvalue weighted by Crippen LogP contribution is -2.55. The van der Waals surface area contributed by atoms with Crippen molar-refractivity contribution >= 4 is 8.32 Å². The third kappa shape index (κ3) is 3.94. The van der Waals surface area contributed by atoms with Crippen LogP contribution in [0.15, 0.2) is 12.2 Å². The first-order valence-corrected chi connectivity index (χ1v) is 13.1. The van der Waals surface area contributed by atoms with Gasteiger partial charge >= 0.3 is 0 Å². The largest absolute Gasteiger partial charge is 0.417 e. The van der Waals surface area contributed by atoms with E-state index in [0.717, 1.165) is 13.0 Å². The van der Waals surface area contributed by atoms with Gasteiger partial charge in [0.15, 0.2) is 8.32 Å². The van der Waals surface area contributed by atoms with Crippen LogP contribution in [0.25, 0.3) is 0 Å². The third-order valence-corrected chi connectivity index (χ3v) is 12.4. The predicted molar refractivity (Wildman–Crippen MR) is 110 cm³/mol. The van der Waals surface area contributed by atoms with Gasteiger partial charge in [-0.2, -0.15) is 0 Å². The summed E-state index contributed by atoms with van der Waals surface area (Å²) in [6.45, 7) is 21.5. The molecule has 2 aliphatic rings. The number of allylic oxidation sites excluding steroid dienone is 1. The highest BCUT2D eigenvalue weighted by atomic mass is 28.4. The zero-order valence-electron chi connectivity index (χ0n) is 18.2. The van der Waals surface area contributed by atoms with Gasteiger partial charge in [0.2, 0.25) is 0 Å². The van der Waals surface area contributed by atoms with Crippen molar-refractivity contribution in [2.45, 2.75) is 97.9 Å². The van der Waals surface area contributed by atoms with Crippen molar-refractivity contribution in [3.63, 3.8) is 0 Å². The Kier molecular flexibility index (Phi) is 5.50. The fourth-order valence-corrected chi connectivity index (χ4v) is 6.41. The Labute approximate surface area is 157 Å². The quantitative estimate of drug-likeness (QED) is 0.476. The smallest absolute Gasteiger partial charge is 0.191 e. The molecule has 2 aliphatic carbocycles. The summed E-state index contributed by atoms with van der Waals surface area (Å²) in [6.07, 6.45) is 9.13. The molecule has 0 unspecified atom stereocenters. The molecule has 0 heterocycles. The number of hydrogen-bond acceptors (Lipinski definition) is 2. The molecule has 2 rings (SSSR count). The zero-order valence-corrected chi connectivity index (χ0v) is 19.2. The second-order valence-corrected chi connectivity index (χ2v) is 16.2. The lowest BCUT2D eigenvalue weighted by molar-refractivity contribution is -0.107. The Morgan fingerprint density at radius 2 is 1.72 bits per heavy atom. The predicted octanol–water partition coefficient (Wildman–Crippen LogP) is 6.17. The molecule has 4 atom stereocenters. The lowest BCUT2D eigenvalue weighted by Gasteiger charge is -2.58. The SMILES string of the molecule is CC1(C)CCC[C@]2(C)[C@@H](CCO[Si](C)(C)C(C)(C)C)[C@@](C)(O)C=C[C@@H]12. The van der Waals surface area contributed by atoms with Gasteiger partial charge in [0.1, 0.15) is 0 Å². The van der Waals surface area contributed by atoms with E-state index in [1.165, 1.54) is 19.3 Å². The molecular weight excluding hydrogens is 324 g/mol. The van der Waals surface area contributed by atoms with Gasteiger partial charge in [-0.05, 0) is 67.0 Å². The van der Waals surface area contributed by atoms with Gasteiger partial charge in [0.25, 0.3) is 0 Å². The Morgan fingerprint density at radius 1 is 1.12 bits per heavy atom. The van der Waals surface area contributed by atoms with Crippen LogP contribution >= 0.6 is 0 Å². The molecule has 0 aromatic rings. The summed E-state index contributed by atoms with van der Waals surface area (Å²) in [6, 6.07) is 0. The minimum atomic E-state index is -1.73. The fraction of sp³-hybridized carbons (Fsp3) is 0.909. The van der Waals surface area contributed by atoms with Crippen LogP contribution < -0.4 is 0 Å². The fourth-order valence-electron chi connectivity index (χ4n) is 5.34. The van der Waals surface area contributed by atoms with E-state index in [-0.39, 0.29) is 16.4 Å². The van der Waals surface area contributed by atoms with E-state index < -0.39 is 13.9 Å². The maximum Gasteiger partial charge on any atom is 0.191 e. The van der Waals surface area contributed by atoms with Gasteiger partial charge in [-0.15, -0.1) is 0 Å². The van der Waals surface area contributed by atoms with E-state index in [4.69, 9.17) is 4.43 Å². The summed E-state index contributed by atoms with van der Waals surface area (Å²) in [5.41, 5.74) is -0.245. The molecular formula is C22H42O2Si. The van der Waals surface area contributed by atoms with E-state index in [2.05, 4.69) is 66.8 Å². The van der Waals surface area contributed by atoms with Crippen molar-refractivity contribution < 1.29 is 9.53 Å².